The maximum atomic E-state index is 14.9. The fourth-order valence-electron chi connectivity index (χ4n) is 4.32. The van der Waals surface area contributed by atoms with Gasteiger partial charge in [-0.25, -0.2) is 8.78 Å². The zero-order chi connectivity index (χ0) is 22.6. The van der Waals surface area contributed by atoms with Crippen LogP contribution in [-0.2, 0) is 4.79 Å². The number of fused-ring (bicyclic) bond motifs is 1. The molecule has 0 aromatic heterocycles. The van der Waals surface area contributed by atoms with E-state index in [2.05, 4.69) is 5.32 Å². The Balaban J connectivity index is 1.33. The molecule has 5 rings (SSSR count). The average Bonchev–Trinajstić information content (AvgIpc) is 3.44. The van der Waals surface area contributed by atoms with Gasteiger partial charge in [-0.15, -0.1) is 0 Å². The van der Waals surface area contributed by atoms with Crippen molar-refractivity contribution < 1.29 is 23.5 Å². The second kappa shape index (κ2) is 7.44. The molecule has 1 saturated carbocycles. The summed E-state index contributed by atoms with van der Waals surface area (Å²) in [5.41, 5.74) is 1.04. The largest absolute Gasteiger partial charge is 0.380 e. The molecule has 0 radical (unpaired) electrons. The standard InChI is InChI=1S/C23H24F2N4O3/c1-27-13-26-18-12-14(2-3-19(18)27)15-10-16(24)20(17(25)11-15)21(30)28-6-8-29(9-7-28)22(31)23(32)4-5-23/h2-3,10-12,26,32H,4-9,13H2,1H3. The summed E-state index contributed by atoms with van der Waals surface area (Å²) in [5, 5.41) is 13.2. The fourth-order valence-corrected chi connectivity index (χ4v) is 4.32. The summed E-state index contributed by atoms with van der Waals surface area (Å²) < 4.78 is 29.8. The van der Waals surface area contributed by atoms with Crippen molar-refractivity contribution in [2.24, 2.45) is 0 Å². The Morgan fingerprint density at radius 2 is 1.59 bits per heavy atom. The van der Waals surface area contributed by atoms with Gasteiger partial charge >= 0.3 is 0 Å². The third-order valence-electron chi connectivity index (χ3n) is 6.48. The zero-order valence-electron chi connectivity index (χ0n) is 17.7. The number of piperazine rings is 1. The molecule has 2 amide bonds. The normalized spacial score (nSPS) is 18.9. The Morgan fingerprint density at radius 3 is 2.22 bits per heavy atom. The van der Waals surface area contributed by atoms with Crippen LogP contribution in [0.2, 0.25) is 0 Å². The maximum Gasteiger partial charge on any atom is 0.259 e. The van der Waals surface area contributed by atoms with Crippen molar-refractivity contribution in [3.63, 3.8) is 0 Å². The number of nitrogens with one attached hydrogen (secondary N) is 1. The number of halogens is 2. The molecule has 168 valence electrons. The van der Waals surface area contributed by atoms with Gasteiger partial charge in [0.1, 0.15) is 22.8 Å². The smallest absolute Gasteiger partial charge is 0.259 e. The molecule has 0 bridgehead atoms. The lowest BCUT2D eigenvalue weighted by Gasteiger charge is -2.35. The van der Waals surface area contributed by atoms with Crippen LogP contribution in [0, 0.1) is 11.6 Å². The van der Waals surface area contributed by atoms with Gasteiger partial charge in [-0.3, -0.25) is 9.59 Å². The summed E-state index contributed by atoms with van der Waals surface area (Å²) in [6, 6.07) is 7.87. The number of benzene rings is 2. The topological polar surface area (TPSA) is 76.1 Å². The molecular formula is C23H24F2N4O3. The van der Waals surface area contributed by atoms with Gasteiger partial charge in [0.15, 0.2) is 0 Å². The number of hydrogen-bond donors (Lipinski definition) is 2. The van der Waals surface area contributed by atoms with E-state index >= 15 is 0 Å². The number of hydrogen-bond acceptors (Lipinski definition) is 5. The highest BCUT2D eigenvalue weighted by molar-refractivity contribution is 5.96. The lowest BCUT2D eigenvalue weighted by molar-refractivity contribution is -0.143. The highest BCUT2D eigenvalue weighted by Gasteiger charge is 2.50. The molecular weight excluding hydrogens is 418 g/mol. The molecule has 2 aromatic carbocycles. The van der Waals surface area contributed by atoms with Crippen molar-refractivity contribution >= 4 is 23.2 Å². The van der Waals surface area contributed by atoms with Gasteiger partial charge in [-0.1, -0.05) is 6.07 Å². The lowest BCUT2D eigenvalue weighted by Crippen LogP contribution is -2.53. The molecule has 0 spiro atoms. The van der Waals surface area contributed by atoms with Crippen LogP contribution in [-0.4, -0.2) is 72.2 Å². The SMILES string of the molecule is CN1CNc2cc(-c3cc(F)c(C(=O)N4CCN(C(=O)C5(O)CC5)CC4)c(F)c3)ccc21. The molecule has 9 heteroatoms. The van der Waals surface area contributed by atoms with Gasteiger partial charge in [0.2, 0.25) is 0 Å². The minimum atomic E-state index is -1.26. The summed E-state index contributed by atoms with van der Waals surface area (Å²) >= 11 is 0. The Bertz CT molecular complexity index is 1090. The lowest BCUT2D eigenvalue weighted by atomic mass is 10.0. The Morgan fingerprint density at radius 1 is 0.969 bits per heavy atom. The quantitative estimate of drug-likeness (QED) is 0.763. The number of nitrogens with zero attached hydrogens (tertiary/aromatic N) is 3. The van der Waals surface area contributed by atoms with Crippen molar-refractivity contribution in [1.82, 2.24) is 9.80 Å². The molecule has 1 saturated heterocycles. The van der Waals surface area contributed by atoms with Gasteiger partial charge in [-0.2, -0.15) is 0 Å². The first-order valence-corrected chi connectivity index (χ1v) is 10.7. The van der Waals surface area contributed by atoms with E-state index in [9.17, 15) is 23.5 Å². The van der Waals surface area contributed by atoms with Gasteiger partial charge in [0.25, 0.3) is 11.8 Å². The van der Waals surface area contributed by atoms with Crippen LogP contribution in [0.5, 0.6) is 0 Å². The number of amides is 2. The molecule has 32 heavy (non-hydrogen) atoms. The van der Waals surface area contributed by atoms with Crippen molar-refractivity contribution in [2.75, 3.05) is 50.1 Å². The predicted octanol–water partition coefficient (Wildman–Crippen LogP) is 2.26. The van der Waals surface area contributed by atoms with Crippen LogP contribution < -0.4 is 10.2 Å². The summed E-state index contributed by atoms with van der Waals surface area (Å²) in [5.74, 6) is -2.90. The molecule has 2 N–H and O–H groups in total. The zero-order valence-corrected chi connectivity index (χ0v) is 17.7. The molecule has 2 fully saturated rings. The van der Waals surface area contributed by atoms with Crippen molar-refractivity contribution in [1.29, 1.82) is 0 Å². The van der Waals surface area contributed by atoms with Crippen LogP contribution in [0.3, 0.4) is 0 Å². The van der Waals surface area contributed by atoms with Crippen LogP contribution in [0.1, 0.15) is 23.2 Å². The highest BCUT2D eigenvalue weighted by Crippen LogP contribution is 2.37. The molecule has 7 nitrogen and oxygen atoms in total. The van der Waals surface area contributed by atoms with Crippen molar-refractivity contribution in [3.8, 4) is 11.1 Å². The predicted molar refractivity (Wildman–Crippen MR) is 115 cm³/mol. The Kier molecular flexibility index (Phi) is 4.81. The van der Waals surface area contributed by atoms with Crippen LogP contribution in [0.25, 0.3) is 11.1 Å². The van der Waals surface area contributed by atoms with E-state index in [1.165, 1.54) is 21.9 Å². The van der Waals surface area contributed by atoms with E-state index in [0.717, 1.165) is 11.4 Å². The summed E-state index contributed by atoms with van der Waals surface area (Å²) in [4.78, 5) is 30.0. The third-order valence-corrected chi connectivity index (χ3v) is 6.48. The summed E-state index contributed by atoms with van der Waals surface area (Å²) in [6.07, 6.45) is 0.898. The first kappa shape index (κ1) is 20.7. The monoisotopic (exact) mass is 442 g/mol. The Hall–Kier alpha value is -3.20. The molecule has 3 aliphatic rings. The maximum absolute atomic E-state index is 14.9. The second-order valence-electron chi connectivity index (χ2n) is 8.70. The second-order valence-corrected chi connectivity index (χ2v) is 8.70. The molecule has 0 unspecified atom stereocenters. The molecule has 2 aromatic rings. The Labute approximate surface area is 184 Å². The van der Waals surface area contributed by atoms with Crippen LogP contribution in [0.15, 0.2) is 30.3 Å². The summed E-state index contributed by atoms with van der Waals surface area (Å²) in [7, 11) is 1.95. The van der Waals surface area contributed by atoms with E-state index in [0.29, 0.717) is 30.6 Å². The number of anilines is 2. The number of rotatable bonds is 3. The van der Waals surface area contributed by atoms with Gasteiger partial charge < -0.3 is 25.1 Å². The minimum absolute atomic E-state index is 0.158. The van der Waals surface area contributed by atoms with E-state index < -0.39 is 28.7 Å². The van der Waals surface area contributed by atoms with Crippen LogP contribution in [0.4, 0.5) is 20.2 Å². The molecule has 2 heterocycles. The van der Waals surface area contributed by atoms with Crippen LogP contribution >= 0.6 is 0 Å². The first-order chi connectivity index (χ1) is 15.3. The molecule has 2 aliphatic heterocycles. The van der Waals surface area contributed by atoms with Crippen molar-refractivity contribution in [2.45, 2.75) is 18.4 Å². The summed E-state index contributed by atoms with van der Waals surface area (Å²) in [6.45, 7) is 1.43. The van der Waals surface area contributed by atoms with Gasteiger partial charge in [-0.05, 0) is 48.2 Å². The van der Waals surface area contributed by atoms with E-state index in [1.54, 1.807) is 6.07 Å². The average molecular weight is 442 g/mol. The minimum Gasteiger partial charge on any atom is -0.380 e. The van der Waals surface area contributed by atoms with Gasteiger partial charge in [0.05, 0.1) is 18.0 Å². The van der Waals surface area contributed by atoms with E-state index in [4.69, 9.17) is 0 Å². The third kappa shape index (κ3) is 3.46. The number of carbonyl (C=O) groups is 2. The number of carbonyl (C=O) groups excluding carboxylic acids is 2. The van der Waals surface area contributed by atoms with E-state index in [-0.39, 0.29) is 32.1 Å². The first-order valence-electron chi connectivity index (χ1n) is 10.7. The number of aliphatic hydroxyl groups is 1. The molecule has 0 atom stereocenters. The van der Waals surface area contributed by atoms with E-state index in [1.807, 2.05) is 24.1 Å². The molecule has 1 aliphatic carbocycles. The fraction of sp³-hybridized carbons (Fsp3) is 0.391. The van der Waals surface area contributed by atoms with Gasteiger partial charge in [0, 0.05) is 33.2 Å². The highest BCUT2D eigenvalue weighted by atomic mass is 19.1. The van der Waals surface area contributed by atoms with Crippen molar-refractivity contribution in [3.05, 3.63) is 47.5 Å².